The van der Waals surface area contributed by atoms with E-state index in [1.54, 1.807) is 19.1 Å². The number of alkyl halides is 3. The summed E-state index contributed by atoms with van der Waals surface area (Å²) in [6, 6.07) is 5.35. The molecule has 3 rings (SSSR count). The van der Waals surface area contributed by atoms with Gasteiger partial charge in [0.1, 0.15) is 11.5 Å². The second-order valence-electron chi connectivity index (χ2n) is 7.68. The Hall–Kier alpha value is -2.42. The van der Waals surface area contributed by atoms with Crippen LogP contribution < -0.4 is 0 Å². The van der Waals surface area contributed by atoms with Gasteiger partial charge in [-0.25, -0.2) is 4.39 Å². The van der Waals surface area contributed by atoms with E-state index in [1.807, 2.05) is 5.10 Å². The van der Waals surface area contributed by atoms with Crippen LogP contribution in [0, 0.1) is 12.7 Å². The summed E-state index contributed by atoms with van der Waals surface area (Å²) in [7, 11) is 0. The van der Waals surface area contributed by atoms with E-state index >= 15 is 0 Å². The van der Waals surface area contributed by atoms with Crippen LogP contribution in [0.25, 0.3) is 0 Å². The summed E-state index contributed by atoms with van der Waals surface area (Å²) in [5.41, 5.74) is -0.374. The fourth-order valence-electron chi connectivity index (χ4n) is 3.67. The van der Waals surface area contributed by atoms with Crippen molar-refractivity contribution in [1.82, 2.24) is 20.0 Å². The normalized spacial score (nSPS) is 15.8. The van der Waals surface area contributed by atoms with Gasteiger partial charge >= 0.3 is 6.18 Å². The topological polar surface area (TPSA) is 52.2 Å². The van der Waals surface area contributed by atoms with E-state index in [2.05, 4.69) is 10.00 Å². The van der Waals surface area contributed by atoms with Crippen LogP contribution in [0.4, 0.5) is 17.6 Å². The molecule has 1 saturated heterocycles. The third-order valence-corrected chi connectivity index (χ3v) is 5.48. The van der Waals surface area contributed by atoms with Gasteiger partial charge in [-0.05, 0) is 44.5 Å². The number of benzene rings is 1. The van der Waals surface area contributed by atoms with E-state index in [4.69, 9.17) is 0 Å². The molecule has 1 aliphatic rings. The van der Waals surface area contributed by atoms with Crippen molar-refractivity contribution in [1.29, 1.82) is 0 Å². The Morgan fingerprint density at radius 1 is 1.20 bits per heavy atom. The lowest BCUT2D eigenvalue weighted by Gasteiger charge is -2.27. The number of nitrogens with one attached hydrogen (secondary N) is 1. The molecule has 0 unspecified atom stereocenters. The van der Waals surface area contributed by atoms with E-state index in [9.17, 15) is 22.4 Å². The Balaban J connectivity index is 1.80. The first-order valence-electron chi connectivity index (χ1n) is 10.1. The molecule has 1 N–H and O–H groups in total. The number of halogens is 4. The summed E-state index contributed by atoms with van der Waals surface area (Å²) in [6.45, 7) is 4.41. The molecule has 0 radical (unpaired) electrons. The van der Waals surface area contributed by atoms with Crippen LogP contribution in [0.5, 0.6) is 0 Å². The molecule has 2 heterocycles. The van der Waals surface area contributed by atoms with E-state index in [0.717, 1.165) is 25.9 Å². The second kappa shape index (κ2) is 9.59. The van der Waals surface area contributed by atoms with Crippen LogP contribution in [-0.2, 0) is 12.7 Å². The molecule has 0 spiro atoms. The van der Waals surface area contributed by atoms with Crippen molar-refractivity contribution in [2.24, 2.45) is 0 Å². The fourth-order valence-corrected chi connectivity index (χ4v) is 3.67. The number of amides is 1. The number of likely N-dealkylation sites (tertiary alicyclic amines) is 1. The largest absolute Gasteiger partial charge is 0.432 e. The molecule has 0 aliphatic carbocycles. The van der Waals surface area contributed by atoms with Crippen molar-refractivity contribution in [2.45, 2.75) is 45.3 Å². The third-order valence-electron chi connectivity index (χ3n) is 5.48. The number of aromatic amines is 1. The summed E-state index contributed by atoms with van der Waals surface area (Å²) in [5.74, 6) is -1.10. The van der Waals surface area contributed by atoms with Crippen molar-refractivity contribution in [2.75, 3.05) is 26.2 Å². The molecule has 1 aromatic carbocycles. The summed E-state index contributed by atoms with van der Waals surface area (Å²) in [5, 5.41) is 5.43. The number of carbonyl (C=O) groups excluding carboxylic acids is 1. The minimum absolute atomic E-state index is 0.0284. The van der Waals surface area contributed by atoms with Crippen molar-refractivity contribution in [3.8, 4) is 0 Å². The average Bonchev–Trinajstić information content (AvgIpc) is 3.06. The predicted molar refractivity (Wildman–Crippen MR) is 104 cm³/mol. The van der Waals surface area contributed by atoms with E-state index in [0.29, 0.717) is 23.7 Å². The monoisotopic (exact) mass is 426 g/mol. The molecule has 0 atom stereocenters. The number of hydrogen-bond donors (Lipinski definition) is 1. The van der Waals surface area contributed by atoms with Gasteiger partial charge in [0.2, 0.25) is 0 Å². The first kappa shape index (κ1) is 22.3. The zero-order valence-corrected chi connectivity index (χ0v) is 16.9. The van der Waals surface area contributed by atoms with Gasteiger partial charge in [0, 0.05) is 31.3 Å². The standard InChI is InChI=1S/C21H26F4N4O/c1-15-7-6-8-17(22)16(15)14-29(12-11-28-9-4-2-3-5-10-28)20(30)18-13-19(27-26-18)21(23,24)25/h6-8,13H,2-5,9-12,14H2,1H3,(H,26,27). The minimum Gasteiger partial charge on any atom is -0.332 e. The maximum Gasteiger partial charge on any atom is 0.432 e. The van der Waals surface area contributed by atoms with Crippen LogP contribution in [0.15, 0.2) is 24.3 Å². The second-order valence-corrected chi connectivity index (χ2v) is 7.68. The fraction of sp³-hybridized carbons (Fsp3) is 0.524. The Morgan fingerprint density at radius 2 is 1.90 bits per heavy atom. The molecule has 2 aromatic rings. The maximum absolute atomic E-state index is 14.4. The minimum atomic E-state index is -4.62. The highest BCUT2D eigenvalue weighted by Crippen LogP contribution is 2.28. The van der Waals surface area contributed by atoms with E-state index in [1.165, 1.54) is 23.8 Å². The van der Waals surface area contributed by atoms with Crippen molar-refractivity contribution >= 4 is 5.91 Å². The van der Waals surface area contributed by atoms with Gasteiger partial charge in [-0.3, -0.25) is 9.89 Å². The van der Waals surface area contributed by atoms with Crippen LogP contribution in [0.1, 0.15) is 53.0 Å². The first-order chi connectivity index (χ1) is 14.3. The lowest BCUT2D eigenvalue weighted by molar-refractivity contribution is -0.141. The summed E-state index contributed by atoms with van der Waals surface area (Å²) >= 11 is 0. The number of rotatable bonds is 6. The van der Waals surface area contributed by atoms with Crippen LogP contribution >= 0.6 is 0 Å². The van der Waals surface area contributed by atoms with Gasteiger partial charge < -0.3 is 9.80 Å². The molecule has 0 saturated carbocycles. The maximum atomic E-state index is 14.4. The van der Waals surface area contributed by atoms with Crippen LogP contribution in [0.3, 0.4) is 0 Å². The van der Waals surface area contributed by atoms with Gasteiger partial charge in [-0.15, -0.1) is 0 Å². The summed E-state index contributed by atoms with van der Waals surface area (Å²) < 4.78 is 53.1. The highest BCUT2D eigenvalue weighted by Gasteiger charge is 2.34. The lowest BCUT2D eigenvalue weighted by Crippen LogP contribution is -2.39. The van der Waals surface area contributed by atoms with E-state index < -0.39 is 23.6 Å². The van der Waals surface area contributed by atoms with Crippen molar-refractivity contribution in [3.63, 3.8) is 0 Å². The molecule has 30 heavy (non-hydrogen) atoms. The van der Waals surface area contributed by atoms with Crippen molar-refractivity contribution < 1.29 is 22.4 Å². The molecule has 164 valence electrons. The van der Waals surface area contributed by atoms with Gasteiger partial charge in [-0.2, -0.15) is 18.3 Å². The summed E-state index contributed by atoms with van der Waals surface area (Å²) in [4.78, 5) is 16.6. The van der Waals surface area contributed by atoms with Gasteiger partial charge in [0.15, 0.2) is 5.69 Å². The number of aromatic nitrogens is 2. The molecule has 0 bridgehead atoms. The Bertz CT molecular complexity index is 837. The Morgan fingerprint density at radius 3 is 2.50 bits per heavy atom. The number of carbonyl (C=O) groups is 1. The molecule has 1 fully saturated rings. The highest BCUT2D eigenvalue weighted by molar-refractivity contribution is 5.92. The van der Waals surface area contributed by atoms with Gasteiger partial charge in [0.05, 0.1) is 0 Å². The number of hydrogen-bond acceptors (Lipinski definition) is 3. The Kier molecular flexibility index (Phi) is 7.12. The third kappa shape index (κ3) is 5.59. The number of nitrogens with zero attached hydrogens (tertiary/aromatic N) is 3. The smallest absolute Gasteiger partial charge is 0.332 e. The predicted octanol–water partition coefficient (Wildman–Crippen LogP) is 4.39. The SMILES string of the molecule is Cc1cccc(F)c1CN(CCN1CCCCCC1)C(=O)c1cc(C(F)(F)F)[nH]n1. The lowest BCUT2D eigenvalue weighted by atomic mass is 10.1. The summed E-state index contributed by atoms with van der Waals surface area (Å²) in [6.07, 6.45) is -0.129. The zero-order valence-electron chi connectivity index (χ0n) is 16.9. The highest BCUT2D eigenvalue weighted by atomic mass is 19.4. The molecular weight excluding hydrogens is 400 g/mol. The number of aryl methyl sites for hydroxylation is 1. The zero-order chi connectivity index (χ0) is 21.7. The molecular formula is C21H26F4N4O. The average molecular weight is 426 g/mol. The van der Waals surface area contributed by atoms with Crippen LogP contribution in [0.2, 0.25) is 0 Å². The van der Waals surface area contributed by atoms with Gasteiger partial charge in [0.25, 0.3) is 5.91 Å². The quantitative estimate of drug-likeness (QED) is 0.697. The molecule has 1 aromatic heterocycles. The number of H-pyrrole nitrogens is 1. The first-order valence-corrected chi connectivity index (χ1v) is 10.1. The molecule has 1 aliphatic heterocycles. The Labute approximate surface area is 173 Å². The van der Waals surface area contributed by atoms with Gasteiger partial charge in [-0.1, -0.05) is 25.0 Å². The molecule has 5 nitrogen and oxygen atoms in total. The van der Waals surface area contributed by atoms with E-state index in [-0.39, 0.29) is 18.8 Å². The van der Waals surface area contributed by atoms with Crippen LogP contribution in [-0.4, -0.2) is 52.1 Å². The molecule has 9 heteroatoms. The van der Waals surface area contributed by atoms with Crippen molar-refractivity contribution in [3.05, 3.63) is 52.6 Å². The molecule has 1 amide bonds.